The normalized spacial score (nSPS) is 15.0. The molecule has 15 heavy (non-hydrogen) atoms. The fraction of sp³-hybridized carbons (Fsp3) is 0.455. The minimum Gasteiger partial charge on any atom is -0.385 e. The maximum Gasteiger partial charge on any atom is 0.123 e. The highest BCUT2D eigenvalue weighted by atomic mass is 35.5. The Balaban J connectivity index is 2.97. The van der Waals surface area contributed by atoms with Gasteiger partial charge in [0.25, 0.3) is 0 Å². The van der Waals surface area contributed by atoms with Crippen LogP contribution in [0.3, 0.4) is 0 Å². The van der Waals surface area contributed by atoms with Gasteiger partial charge in [0.1, 0.15) is 5.82 Å². The summed E-state index contributed by atoms with van der Waals surface area (Å²) in [4.78, 5) is 0. The van der Waals surface area contributed by atoms with Gasteiger partial charge in [-0.2, -0.15) is 0 Å². The van der Waals surface area contributed by atoms with E-state index in [1.54, 1.807) is 14.0 Å². The number of hydrogen-bond donors (Lipinski definition) is 2. The lowest BCUT2D eigenvalue weighted by Gasteiger charge is -2.24. The minimum absolute atomic E-state index is 0.387. The number of aliphatic hydroxyl groups is 1. The molecule has 84 valence electrons. The van der Waals surface area contributed by atoms with Crippen molar-refractivity contribution in [2.75, 3.05) is 13.6 Å². The van der Waals surface area contributed by atoms with Gasteiger partial charge in [-0.1, -0.05) is 11.6 Å². The van der Waals surface area contributed by atoms with Gasteiger partial charge < -0.3 is 10.4 Å². The van der Waals surface area contributed by atoms with Crippen molar-refractivity contribution in [1.29, 1.82) is 0 Å². The van der Waals surface area contributed by atoms with Crippen LogP contribution in [0.1, 0.15) is 18.9 Å². The van der Waals surface area contributed by atoms with Gasteiger partial charge in [-0.25, -0.2) is 4.39 Å². The summed E-state index contributed by atoms with van der Waals surface area (Å²) in [6.45, 7) is 2.27. The van der Waals surface area contributed by atoms with Crippen LogP contribution in [-0.4, -0.2) is 18.7 Å². The summed E-state index contributed by atoms with van der Waals surface area (Å²) >= 11 is 5.91. The molecule has 1 unspecified atom stereocenters. The molecule has 0 bridgehead atoms. The molecule has 0 saturated carbocycles. The average molecular weight is 232 g/mol. The molecule has 0 saturated heterocycles. The molecule has 4 heteroatoms. The van der Waals surface area contributed by atoms with E-state index in [4.69, 9.17) is 11.6 Å². The molecule has 0 aromatic heterocycles. The molecule has 0 aliphatic carbocycles. The van der Waals surface area contributed by atoms with Crippen molar-refractivity contribution in [1.82, 2.24) is 5.32 Å². The molecule has 0 aliphatic heterocycles. The highest BCUT2D eigenvalue weighted by Crippen LogP contribution is 2.30. The lowest BCUT2D eigenvalue weighted by atomic mass is 9.92. The summed E-state index contributed by atoms with van der Waals surface area (Å²) in [5.41, 5.74) is -0.679. The van der Waals surface area contributed by atoms with Gasteiger partial charge in [-0.3, -0.25) is 0 Å². The Morgan fingerprint density at radius 3 is 2.80 bits per heavy atom. The number of nitrogens with one attached hydrogen (secondary N) is 1. The predicted molar refractivity (Wildman–Crippen MR) is 59.5 cm³/mol. The monoisotopic (exact) mass is 231 g/mol. The molecule has 2 N–H and O–H groups in total. The lowest BCUT2D eigenvalue weighted by Crippen LogP contribution is -2.26. The van der Waals surface area contributed by atoms with Crippen LogP contribution >= 0.6 is 11.6 Å². The zero-order chi connectivity index (χ0) is 11.5. The first-order valence-corrected chi connectivity index (χ1v) is 5.17. The fourth-order valence-electron chi connectivity index (χ4n) is 1.41. The van der Waals surface area contributed by atoms with E-state index >= 15 is 0 Å². The first-order chi connectivity index (χ1) is 6.97. The molecule has 1 aromatic carbocycles. The van der Waals surface area contributed by atoms with Crippen LogP contribution in [0.5, 0.6) is 0 Å². The fourth-order valence-corrected chi connectivity index (χ4v) is 1.73. The van der Waals surface area contributed by atoms with Crippen molar-refractivity contribution >= 4 is 11.6 Å². The van der Waals surface area contributed by atoms with Crippen LogP contribution in [0.2, 0.25) is 5.02 Å². The van der Waals surface area contributed by atoms with Crippen LogP contribution in [0, 0.1) is 5.82 Å². The predicted octanol–water partition coefficient (Wildman–Crippen LogP) is 2.30. The number of rotatable bonds is 4. The molecule has 0 aliphatic rings. The van der Waals surface area contributed by atoms with E-state index in [1.807, 2.05) is 0 Å². The van der Waals surface area contributed by atoms with Gasteiger partial charge in [-0.05, 0) is 45.1 Å². The zero-order valence-electron chi connectivity index (χ0n) is 8.85. The van der Waals surface area contributed by atoms with Gasteiger partial charge in [0.05, 0.1) is 5.60 Å². The summed E-state index contributed by atoms with van der Waals surface area (Å²) in [5, 5.41) is 13.4. The Kier molecular flexibility index (Phi) is 4.08. The Morgan fingerprint density at radius 1 is 1.53 bits per heavy atom. The second kappa shape index (κ2) is 4.92. The van der Waals surface area contributed by atoms with Gasteiger partial charge in [0.2, 0.25) is 0 Å². The summed E-state index contributed by atoms with van der Waals surface area (Å²) in [7, 11) is 1.79. The van der Waals surface area contributed by atoms with Gasteiger partial charge in [0, 0.05) is 10.6 Å². The molecular formula is C11H15ClFNO. The smallest absolute Gasteiger partial charge is 0.123 e. The van der Waals surface area contributed by atoms with Crippen molar-refractivity contribution in [3.8, 4) is 0 Å². The number of hydrogen-bond acceptors (Lipinski definition) is 2. The molecule has 0 heterocycles. The minimum atomic E-state index is -1.11. The zero-order valence-corrected chi connectivity index (χ0v) is 9.61. The SMILES string of the molecule is CNCCC(C)(O)c1cc(F)ccc1Cl. The standard InChI is InChI=1S/C11H15ClFNO/c1-11(15,5-6-14-2)9-7-8(13)3-4-10(9)12/h3-4,7,14-15H,5-6H2,1-2H3. The summed E-state index contributed by atoms with van der Waals surface area (Å²) in [6, 6.07) is 4.01. The second-order valence-electron chi connectivity index (χ2n) is 3.75. The third-order valence-corrected chi connectivity index (χ3v) is 2.70. The van der Waals surface area contributed by atoms with E-state index in [0.29, 0.717) is 23.6 Å². The average Bonchev–Trinajstić information content (AvgIpc) is 2.18. The summed E-state index contributed by atoms with van der Waals surface area (Å²) in [6.07, 6.45) is 0.479. The quantitative estimate of drug-likeness (QED) is 0.834. The Labute approximate surface area is 94.1 Å². The van der Waals surface area contributed by atoms with Crippen molar-refractivity contribution in [3.63, 3.8) is 0 Å². The van der Waals surface area contributed by atoms with E-state index in [1.165, 1.54) is 18.2 Å². The molecule has 1 aromatic rings. The van der Waals surface area contributed by atoms with E-state index < -0.39 is 5.60 Å². The van der Waals surface area contributed by atoms with Crippen LogP contribution in [0.25, 0.3) is 0 Å². The van der Waals surface area contributed by atoms with Crippen LogP contribution < -0.4 is 5.32 Å². The van der Waals surface area contributed by atoms with Crippen LogP contribution in [0.4, 0.5) is 4.39 Å². The molecule has 0 fully saturated rings. The molecular weight excluding hydrogens is 217 g/mol. The largest absolute Gasteiger partial charge is 0.385 e. The number of benzene rings is 1. The first kappa shape index (κ1) is 12.4. The van der Waals surface area contributed by atoms with Crippen molar-refractivity contribution in [2.24, 2.45) is 0 Å². The maximum atomic E-state index is 13.0. The van der Waals surface area contributed by atoms with Crippen molar-refractivity contribution in [2.45, 2.75) is 18.9 Å². The first-order valence-electron chi connectivity index (χ1n) is 4.80. The number of halogens is 2. The Hall–Kier alpha value is -0.640. The molecule has 0 spiro atoms. The van der Waals surface area contributed by atoms with E-state index in [2.05, 4.69) is 5.32 Å². The third-order valence-electron chi connectivity index (χ3n) is 2.37. The van der Waals surface area contributed by atoms with Crippen LogP contribution in [-0.2, 0) is 5.60 Å². The Morgan fingerprint density at radius 2 is 2.20 bits per heavy atom. The molecule has 0 radical (unpaired) electrons. The topological polar surface area (TPSA) is 32.3 Å². The second-order valence-corrected chi connectivity index (χ2v) is 4.16. The lowest BCUT2D eigenvalue weighted by molar-refractivity contribution is 0.0483. The highest BCUT2D eigenvalue weighted by molar-refractivity contribution is 6.31. The molecule has 1 rings (SSSR count). The van der Waals surface area contributed by atoms with E-state index in [9.17, 15) is 9.50 Å². The molecule has 0 amide bonds. The maximum absolute atomic E-state index is 13.0. The van der Waals surface area contributed by atoms with Gasteiger partial charge in [0.15, 0.2) is 0 Å². The van der Waals surface area contributed by atoms with E-state index in [0.717, 1.165) is 0 Å². The van der Waals surface area contributed by atoms with Gasteiger partial charge >= 0.3 is 0 Å². The van der Waals surface area contributed by atoms with Gasteiger partial charge in [-0.15, -0.1) is 0 Å². The van der Waals surface area contributed by atoms with Crippen molar-refractivity contribution in [3.05, 3.63) is 34.6 Å². The molecule has 2 nitrogen and oxygen atoms in total. The van der Waals surface area contributed by atoms with Crippen LogP contribution in [0.15, 0.2) is 18.2 Å². The third kappa shape index (κ3) is 3.16. The summed E-state index contributed by atoms with van der Waals surface area (Å²) < 4.78 is 13.0. The highest BCUT2D eigenvalue weighted by Gasteiger charge is 2.25. The Bertz CT molecular complexity index is 341. The molecule has 1 atom stereocenters. The van der Waals surface area contributed by atoms with Crippen molar-refractivity contribution < 1.29 is 9.50 Å². The van der Waals surface area contributed by atoms with E-state index in [-0.39, 0.29) is 5.82 Å². The summed E-state index contributed by atoms with van der Waals surface area (Å²) in [5.74, 6) is -0.390.